The molecule has 0 spiro atoms. The molecule has 0 saturated carbocycles. The highest BCUT2D eigenvalue weighted by atomic mass is 79.9. The van der Waals surface area contributed by atoms with Crippen molar-refractivity contribution in [1.82, 2.24) is 4.90 Å². The van der Waals surface area contributed by atoms with Crippen LogP contribution in [0, 0.1) is 0 Å². The number of amides is 1. The maximum Gasteiger partial charge on any atom is 0.326 e. The Bertz CT molecular complexity index is 645. The predicted molar refractivity (Wildman–Crippen MR) is 95.3 cm³/mol. The molecule has 1 saturated heterocycles. The molecule has 1 heterocycles. The van der Waals surface area contributed by atoms with Gasteiger partial charge in [0.05, 0.1) is 11.5 Å². The smallest absolute Gasteiger partial charge is 0.326 e. The minimum Gasteiger partial charge on any atom is -0.464 e. The molecule has 1 aliphatic heterocycles. The van der Waals surface area contributed by atoms with Gasteiger partial charge >= 0.3 is 5.97 Å². The first-order chi connectivity index (χ1) is 10.5. The highest BCUT2D eigenvalue weighted by Gasteiger charge is 2.33. The summed E-state index contributed by atoms with van der Waals surface area (Å²) in [6, 6.07) is 7.60. The molecule has 0 aromatic heterocycles. The number of thiocarbonyl (C=S) groups is 1. The predicted octanol–water partition coefficient (Wildman–Crippen LogP) is 3.60. The third kappa shape index (κ3) is 4.41. The number of carbonyl (C=O) groups excluding carboxylic acids is 2. The number of hydrogen-bond donors (Lipinski definition) is 0. The van der Waals surface area contributed by atoms with Gasteiger partial charge in [-0.1, -0.05) is 59.0 Å². The van der Waals surface area contributed by atoms with E-state index in [1.165, 1.54) is 16.7 Å². The third-order valence-electron chi connectivity index (χ3n) is 2.77. The molecular formula is C15H14BrNO3S2. The van der Waals surface area contributed by atoms with E-state index in [9.17, 15) is 9.59 Å². The molecule has 0 unspecified atom stereocenters. The fourth-order valence-corrected chi connectivity index (χ4v) is 3.45. The Labute approximate surface area is 147 Å². The minimum atomic E-state index is -0.443. The van der Waals surface area contributed by atoms with Gasteiger partial charge in [0, 0.05) is 4.47 Å². The summed E-state index contributed by atoms with van der Waals surface area (Å²) in [6.07, 6.45) is 2.51. The van der Waals surface area contributed by atoms with E-state index in [0.717, 1.165) is 16.5 Å². The monoisotopic (exact) mass is 399 g/mol. The van der Waals surface area contributed by atoms with Gasteiger partial charge in [-0.25, -0.2) is 0 Å². The Kier molecular flexibility index (Phi) is 6.16. The van der Waals surface area contributed by atoms with Gasteiger partial charge in [-0.15, -0.1) is 0 Å². The van der Waals surface area contributed by atoms with Crippen LogP contribution in [0.2, 0.25) is 0 Å². The number of halogens is 1. The lowest BCUT2D eigenvalue weighted by atomic mass is 10.2. The van der Waals surface area contributed by atoms with Crippen molar-refractivity contribution < 1.29 is 14.3 Å². The zero-order valence-corrected chi connectivity index (χ0v) is 15.1. The van der Waals surface area contributed by atoms with Crippen LogP contribution in [0.5, 0.6) is 0 Å². The van der Waals surface area contributed by atoms with Crippen molar-refractivity contribution in [2.75, 3.05) is 13.2 Å². The molecule has 1 amide bonds. The molecule has 0 bridgehead atoms. The lowest BCUT2D eigenvalue weighted by Crippen LogP contribution is -2.34. The molecule has 1 aromatic carbocycles. The molecule has 116 valence electrons. The van der Waals surface area contributed by atoms with Gasteiger partial charge in [0.2, 0.25) is 0 Å². The van der Waals surface area contributed by atoms with Crippen LogP contribution in [0.4, 0.5) is 0 Å². The van der Waals surface area contributed by atoms with Crippen LogP contribution in [0.15, 0.2) is 33.6 Å². The number of hydrogen-bond acceptors (Lipinski definition) is 5. The zero-order valence-electron chi connectivity index (χ0n) is 11.9. The normalized spacial score (nSPS) is 16.5. The lowest BCUT2D eigenvalue weighted by molar-refractivity contribution is -0.146. The highest BCUT2D eigenvalue weighted by Crippen LogP contribution is 2.32. The van der Waals surface area contributed by atoms with Crippen LogP contribution < -0.4 is 0 Å². The first kappa shape index (κ1) is 17.2. The average Bonchev–Trinajstić information content (AvgIpc) is 2.73. The zero-order chi connectivity index (χ0) is 16.1. The Morgan fingerprint density at radius 2 is 2.27 bits per heavy atom. The quantitative estimate of drug-likeness (QED) is 0.429. The van der Waals surface area contributed by atoms with Crippen molar-refractivity contribution in [2.24, 2.45) is 0 Å². The molecule has 0 N–H and O–H groups in total. The van der Waals surface area contributed by atoms with Crippen molar-refractivity contribution in [3.8, 4) is 0 Å². The molecule has 0 aliphatic carbocycles. The summed E-state index contributed by atoms with van der Waals surface area (Å²) in [7, 11) is 0. The SMILES string of the molecule is CCCOC(=O)CN1C(=O)C(=Cc2cccc(Br)c2)SC1=S. The fraction of sp³-hybridized carbons (Fsp3) is 0.267. The molecule has 0 radical (unpaired) electrons. The van der Waals surface area contributed by atoms with E-state index < -0.39 is 5.97 Å². The first-order valence-corrected chi connectivity index (χ1v) is 8.69. The van der Waals surface area contributed by atoms with E-state index in [0.29, 0.717) is 15.8 Å². The van der Waals surface area contributed by atoms with Crippen LogP contribution in [0.25, 0.3) is 6.08 Å². The number of nitrogens with zero attached hydrogens (tertiary/aromatic N) is 1. The molecule has 7 heteroatoms. The van der Waals surface area contributed by atoms with Crippen molar-refractivity contribution in [3.63, 3.8) is 0 Å². The Morgan fingerprint density at radius 3 is 2.95 bits per heavy atom. The Hall–Kier alpha value is -1.18. The van der Waals surface area contributed by atoms with Gasteiger partial charge in [-0.2, -0.15) is 0 Å². The van der Waals surface area contributed by atoms with E-state index in [4.69, 9.17) is 17.0 Å². The van der Waals surface area contributed by atoms with Gasteiger partial charge in [0.25, 0.3) is 5.91 Å². The maximum absolute atomic E-state index is 12.3. The lowest BCUT2D eigenvalue weighted by Gasteiger charge is -2.13. The first-order valence-electron chi connectivity index (χ1n) is 6.68. The van der Waals surface area contributed by atoms with E-state index in [1.54, 1.807) is 6.08 Å². The van der Waals surface area contributed by atoms with Crippen LogP contribution in [0.1, 0.15) is 18.9 Å². The summed E-state index contributed by atoms with van der Waals surface area (Å²) in [6.45, 7) is 2.12. The second kappa shape index (κ2) is 7.89. The van der Waals surface area contributed by atoms with Crippen molar-refractivity contribution in [1.29, 1.82) is 0 Å². The molecule has 0 atom stereocenters. The number of esters is 1. The van der Waals surface area contributed by atoms with Crippen molar-refractivity contribution in [2.45, 2.75) is 13.3 Å². The Morgan fingerprint density at radius 1 is 1.50 bits per heavy atom. The van der Waals surface area contributed by atoms with E-state index in [-0.39, 0.29) is 12.5 Å². The molecular weight excluding hydrogens is 386 g/mol. The average molecular weight is 400 g/mol. The number of benzene rings is 1. The van der Waals surface area contributed by atoms with Crippen LogP contribution in [-0.2, 0) is 14.3 Å². The number of ether oxygens (including phenoxy) is 1. The Balaban J connectivity index is 2.10. The van der Waals surface area contributed by atoms with Gasteiger partial charge in [0.15, 0.2) is 0 Å². The maximum atomic E-state index is 12.3. The second-order valence-corrected chi connectivity index (χ2v) is 7.13. The molecule has 1 aromatic rings. The van der Waals surface area contributed by atoms with Gasteiger partial charge in [-0.05, 0) is 30.2 Å². The van der Waals surface area contributed by atoms with E-state index in [2.05, 4.69) is 15.9 Å². The molecule has 2 rings (SSSR count). The second-order valence-electron chi connectivity index (χ2n) is 4.54. The van der Waals surface area contributed by atoms with E-state index in [1.807, 2.05) is 31.2 Å². The fourth-order valence-electron chi connectivity index (χ4n) is 1.77. The number of carbonyl (C=O) groups is 2. The minimum absolute atomic E-state index is 0.138. The summed E-state index contributed by atoms with van der Waals surface area (Å²) in [5, 5.41) is 0. The van der Waals surface area contributed by atoms with Gasteiger partial charge < -0.3 is 4.74 Å². The molecule has 1 fully saturated rings. The highest BCUT2D eigenvalue weighted by molar-refractivity contribution is 9.10. The van der Waals surface area contributed by atoms with Crippen LogP contribution >= 0.6 is 39.9 Å². The molecule has 4 nitrogen and oxygen atoms in total. The van der Waals surface area contributed by atoms with Gasteiger partial charge in [0.1, 0.15) is 10.9 Å². The summed E-state index contributed by atoms with van der Waals surface area (Å²) in [4.78, 5) is 25.8. The third-order valence-corrected chi connectivity index (χ3v) is 4.65. The topological polar surface area (TPSA) is 46.6 Å². The largest absolute Gasteiger partial charge is 0.464 e. The standard InChI is InChI=1S/C15H14BrNO3S2/c1-2-6-20-13(18)9-17-14(19)12(22-15(17)21)8-10-4-3-5-11(16)7-10/h3-5,7-8H,2,6,9H2,1H3. The summed E-state index contributed by atoms with van der Waals surface area (Å²) >= 11 is 9.76. The number of thioether (sulfide) groups is 1. The summed E-state index contributed by atoms with van der Waals surface area (Å²) in [5.41, 5.74) is 0.892. The summed E-state index contributed by atoms with van der Waals surface area (Å²) < 4.78 is 6.30. The van der Waals surface area contributed by atoms with Gasteiger partial charge in [-0.3, -0.25) is 14.5 Å². The van der Waals surface area contributed by atoms with Crippen LogP contribution in [0.3, 0.4) is 0 Å². The molecule has 22 heavy (non-hydrogen) atoms. The van der Waals surface area contributed by atoms with Crippen molar-refractivity contribution >= 4 is 62.2 Å². The van der Waals surface area contributed by atoms with Crippen molar-refractivity contribution in [3.05, 3.63) is 39.2 Å². The van der Waals surface area contributed by atoms with E-state index >= 15 is 0 Å². The van der Waals surface area contributed by atoms with Crippen LogP contribution in [-0.4, -0.2) is 34.2 Å². The molecule has 1 aliphatic rings. The summed E-state index contributed by atoms with van der Waals surface area (Å²) in [5.74, 6) is -0.703. The number of rotatable bonds is 5.